The number of pyridine rings is 2. The summed E-state index contributed by atoms with van der Waals surface area (Å²) in [6, 6.07) is 6.36. The van der Waals surface area contributed by atoms with Gasteiger partial charge in [0.15, 0.2) is 0 Å². The molecule has 2 fully saturated rings. The molecule has 0 unspecified atom stereocenters. The highest BCUT2D eigenvalue weighted by Gasteiger charge is 2.42. The van der Waals surface area contributed by atoms with Crippen LogP contribution in [0.1, 0.15) is 28.8 Å². The number of hydrogen-bond acceptors (Lipinski definition) is 5. The van der Waals surface area contributed by atoms with Crippen LogP contribution >= 0.6 is 0 Å². The van der Waals surface area contributed by atoms with E-state index in [0.29, 0.717) is 26.1 Å². The number of ether oxygens (including phenoxy) is 1. The Morgan fingerprint density at radius 3 is 3.00 bits per heavy atom. The van der Waals surface area contributed by atoms with Crippen LogP contribution in [-0.4, -0.2) is 52.0 Å². The Labute approximate surface area is 161 Å². The number of carbonyl (C=O) groups is 2. The first-order chi connectivity index (χ1) is 13.6. The predicted molar refractivity (Wildman–Crippen MR) is 97.6 cm³/mol. The molecule has 4 heterocycles. The number of amides is 2. The van der Waals surface area contributed by atoms with Crippen LogP contribution in [0.25, 0.3) is 0 Å². The lowest BCUT2D eigenvalue weighted by Crippen LogP contribution is -2.45. The molecule has 0 spiro atoms. The zero-order chi connectivity index (χ0) is 19.5. The van der Waals surface area contributed by atoms with Crippen molar-refractivity contribution in [1.29, 1.82) is 0 Å². The van der Waals surface area contributed by atoms with Crippen molar-refractivity contribution in [3.05, 3.63) is 59.9 Å². The van der Waals surface area contributed by atoms with E-state index in [1.54, 1.807) is 17.3 Å². The Hall–Kier alpha value is -2.87. The SMILES string of the molecule is O=C(NCc1cccnc1)[C@H]1C[C@@H]2CCN(C(=O)c3ccnc(F)c3)C[C@H]2O1. The molecule has 0 radical (unpaired) electrons. The van der Waals surface area contributed by atoms with Gasteiger partial charge in [-0.25, -0.2) is 4.98 Å². The van der Waals surface area contributed by atoms with Crippen LogP contribution in [0.15, 0.2) is 42.9 Å². The molecule has 0 aromatic carbocycles. The summed E-state index contributed by atoms with van der Waals surface area (Å²) < 4.78 is 19.2. The fourth-order valence-electron chi connectivity index (χ4n) is 3.81. The van der Waals surface area contributed by atoms with Crippen molar-refractivity contribution >= 4 is 11.8 Å². The van der Waals surface area contributed by atoms with Gasteiger partial charge >= 0.3 is 0 Å². The van der Waals surface area contributed by atoms with Gasteiger partial charge in [0, 0.05) is 49.9 Å². The van der Waals surface area contributed by atoms with Gasteiger partial charge in [-0.1, -0.05) is 6.07 Å². The quantitative estimate of drug-likeness (QED) is 0.809. The molecular weight excluding hydrogens is 363 g/mol. The molecular formula is C20H21FN4O3. The number of aromatic nitrogens is 2. The van der Waals surface area contributed by atoms with E-state index < -0.39 is 12.1 Å². The molecule has 3 atom stereocenters. The van der Waals surface area contributed by atoms with Crippen molar-refractivity contribution in [2.45, 2.75) is 31.6 Å². The van der Waals surface area contributed by atoms with E-state index in [0.717, 1.165) is 18.1 Å². The van der Waals surface area contributed by atoms with Gasteiger partial charge in [0.2, 0.25) is 11.9 Å². The van der Waals surface area contributed by atoms with Crippen molar-refractivity contribution in [1.82, 2.24) is 20.2 Å². The number of likely N-dealkylation sites (tertiary alicyclic amines) is 1. The standard InChI is InChI=1S/C20H21FN4O3/c21-18-9-15(3-6-23-18)20(27)25-7-4-14-8-16(28-17(14)12-25)19(26)24-11-13-2-1-5-22-10-13/h1-3,5-6,9-10,14,16-17H,4,7-8,11-12H2,(H,24,26)/t14-,16+,17+/m0/s1. The van der Waals surface area contributed by atoms with Crippen molar-refractivity contribution < 1.29 is 18.7 Å². The van der Waals surface area contributed by atoms with E-state index in [4.69, 9.17) is 4.74 Å². The van der Waals surface area contributed by atoms with Crippen LogP contribution < -0.4 is 5.32 Å². The van der Waals surface area contributed by atoms with E-state index >= 15 is 0 Å². The van der Waals surface area contributed by atoms with Gasteiger partial charge < -0.3 is 15.0 Å². The zero-order valence-corrected chi connectivity index (χ0v) is 15.3. The molecule has 0 saturated carbocycles. The summed E-state index contributed by atoms with van der Waals surface area (Å²) in [6.45, 7) is 1.37. The smallest absolute Gasteiger partial charge is 0.254 e. The molecule has 0 aliphatic carbocycles. The number of piperidine rings is 1. The Morgan fingerprint density at radius 2 is 2.21 bits per heavy atom. The molecule has 8 heteroatoms. The van der Waals surface area contributed by atoms with Crippen molar-refractivity contribution in [2.75, 3.05) is 13.1 Å². The minimum absolute atomic E-state index is 0.146. The Morgan fingerprint density at radius 1 is 1.32 bits per heavy atom. The summed E-state index contributed by atoms with van der Waals surface area (Å²) in [5, 5.41) is 2.88. The molecule has 2 aliphatic rings. The van der Waals surface area contributed by atoms with E-state index in [-0.39, 0.29) is 29.4 Å². The van der Waals surface area contributed by atoms with E-state index in [9.17, 15) is 14.0 Å². The van der Waals surface area contributed by atoms with Gasteiger partial charge in [-0.15, -0.1) is 0 Å². The van der Waals surface area contributed by atoms with Crippen LogP contribution in [0, 0.1) is 11.9 Å². The fraction of sp³-hybridized carbons (Fsp3) is 0.400. The van der Waals surface area contributed by atoms with Gasteiger partial charge in [0.05, 0.1) is 6.10 Å². The third kappa shape index (κ3) is 4.01. The molecule has 2 amide bonds. The van der Waals surface area contributed by atoms with E-state index in [2.05, 4.69) is 15.3 Å². The summed E-state index contributed by atoms with van der Waals surface area (Å²) in [4.78, 5) is 34.2. The molecule has 2 aromatic heterocycles. The van der Waals surface area contributed by atoms with Crippen LogP contribution in [0.4, 0.5) is 4.39 Å². The molecule has 7 nitrogen and oxygen atoms in total. The first kappa shape index (κ1) is 18.5. The zero-order valence-electron chi connectivity index (χ0n) is 15.3. The minimum Gasteiger partial charge on any atom is -0.363 e. The second kappa shape index (κ2) is 8.02. The molecule has 2 aromatic rings. The summed E-state index contributed by atoms with van der Waals surface area (Å²) in [7, 11) is 0. The number of hydrogen-bond donors (Lipinski definition) is 1. The van der Waals surface area contributed by atoms with Gasteiger partial charge in [0.1, 0.15) is 6.10 Å². The topological polar surface area (TPSA) is 84.4 Å². The lowest BCUT2D eigenvalue weighted by molar-refractivity contribution is -0.132. The predicted octanol–water partition coefficient (Wildman–Crippen LogP) is 1.55. The third-order valence-corrected chi connectivity index (χ3v) is 5.29. The van der Waals surface area contributed by atoms with E-state index in [1.165, 1.54) is 12.3 Å². The van der Waals surface area contributed by atoms with Crippen molar-refractivity contribution in [3.63, 3.8) is 0 Å². The van der Waals surface area contributed by atoms with Gasteiger partial charge in [-0.3, -0.25) is 14.6 Å². The average Bonchev–Trinajstić information content (AvgIpc) is 3.15. The molecule has 0 bridgehead atoms. The second-order valence-electron chi connectivity index (χ2n) is 7.15. The van der Waals surface area contributed by atoms with Crippen molar-refractivity contribution in [2.24, 2.45) is 5.92 Å². The normalized spacial score (nSPS) is 23.9. The number of nitrogens with zero attached hydrogens (tertiary/aromatic N) is 3. The van der Waals surface area contributed by atoms with Crippen LogP contribution in [-0.2, 0) is 16.1 Å². The first-order valence-corrected chi connectivity index (χ1v) is 9.33. The van der Waals surface area contributed by atoms with Gasteiger partial charge in [-0.05, 0) is 36.5 Å². The summed E-state index contributed by atoms with van der Waals surface area (Å²) in [5.74, 6) is -0.823. The van der Waals surface area contributed by atoms with Gasteiger partial charge in [-0.2, -0.15) is 4.39 Å². The highest BCUT2D eigenvalue weighted by molar-refractivity contribution is 5.94. The second-order valence-corrected chi connectivity index (χ2v) is 7.15. The first-order valence-electron chi connectivity index (χ1n) is 9.33. The number of halogens is 1. The molecule has 1 N–H and O–H groups in total. The third-order valence-electron chi connectivity index (χ3n) is 5.29. The average molecular weight is 384 g/mol. The summed E-state index contributed by atoms with van der Waals surface area (Å²) in [6.07, 6.45) is 5.39. The maximum absolute atomic E-state index is 13.3. The van der Waals surface area contributed by atoms with Crippen LogP contribution in [0.5, 0.6) is 0 Å². The Balaban J connectivity index is 1.33. The Bertz CT molecular complexity index is 864. The number of nitrogens with one attached hydrogen (secondary N) is 1. The number of carbonyl (C=O) groups excluding carboxylic acids is 2. The summed E-state index contributed by atoms with van der Waals surface area (Å²) >= 11 is 0. The molecule has 4 rings (SSSR count). The maximum Gasteiger partial charge on any atom is 0.254 e. The maximum atomic E-state index is 13.3. The molecule has 146 valence electrons. The lowest BCUT2D eigenvalue weighted by atomic mass is 9.91. The number of rotatable bonds is 4. The minimum atomic E-state index is -0.678. The van der Waals surface area contributed by atoms with Gasteiger partial charge in [0.25, 0.3) is 5.91 Å². The monoisotopic (exact) mass is 384 g/mol. The largest absolute Gasteiger partial charge is 0.363 e. The summed E-state index contributed by atoms with van der Waals surface area (Å²) in [5.41, 5.74) is 1.20. The highest BCUT2D eigenvalue weighted by Crippen LogP contribution is 2.33. The fourth-order valence-corrected chi connectivity index (χ4v) is 3.81. The molecule has 2 aliphatic heterocycles. The van der Waals surface area contributed by atoms with E-state index in [1.807, 2.05) is 12.1 Å². The number of fused-ring (bicyclic) bond motifs is 1. The van der Waals surface area contributed by atoms with Crippen LogP contribution in [0.3, 0.4) is 0 Å². The van der Waals surface area contributed by atoms with Crippen LogP contribution in [0.2, 0.25) is 0 Å². The lowest BCUT2D eigenvalue weighted by Gasteiger charge is -2.34. The molecule has 28 heavy (non-hydrogen) atoms. The molecule has 2 saturated heterocycles. The van der Waals surface area contributed by atoms with Crippen molar-refractivity contribution in [3.8, 4) is 0 Å². The Kier molecular flexibility index (Phi) is 5.29. The highest BCUT2D eigenvalue weighted by atomic mass is 19.1.